The van der Waals surface area contributed by atoms with E-state index >= 15 is 0 Å². The normalized spacial score (nSPS) is 13.2. The van der Waals surface area contributed by atoms with Gasteiger partial charge in [0.2, 0.25) is 0 Å². The van der Waals surface area contributed by atoms with Crippen molar-refractivity contribution in [3.63, 3.8) is 0 Å². The number of carbonyl (C=O) groups excluding carboxylic acids is 1. The summed E-state index contributed by atoms with van der Waals surface area (Å²) in [6, 6.07) is 4.38. The van der Waals surface area contributed by atoms with Crippen molar-refractivity contribution in [1.82, 2.24) is 5.32 Å². The van der Waals surface area contributed by atoms with Gasteiger partial charge in [0.05, 0.1) is 5.56 Å². The molecule has 0 saturated heterocycles. The van der Waals surface area contributed by atoms with E-state index in [9.17, 15) is 9.90 Å². The maximum atomic E-state index is 12.0. The molecule has 3 nitrogen and oxygen atoms in total. The van der Waals surface area contributed by atoms with Crippen molar-refractivity contribution in [1.29, 1.82) is 0 Å². The Balaban J connectivity index is 2.94. The number of hydrogen-bond acceptors (Lipinski definition) is 2. The molecule has 1 aromatic carbocycles. The highest BCUT2D eigenvalue weighted by atomic mass is 79.9. The van der Waals surface area contributed by atoms with Crippen molar-refractivity contribution in [3.8, 4) is 5.75 Å². The number of benzene rings is 1. The molecule has 0 spiro atoms. The predicted molar refractivity (Wildman–Crippen MR) is 73.1 cm³/mol. The van der Waals surface area contributed by atoms with Crippen LogP contribution in [-0.4, -0.2) is 21.4 Å². The summed E-state index contributed by atoms with van der Waals surface area (Å²) < 4.78 is 0. The molecule has 1 amide bonds. The van der Waals surface area contributed by atoms with Gasteiger partial charge in [0.25, 0.3) is 5.91 Å². The molecule has 0 aromatic heterocycles. The molecule has 0 aliphatic rings. The van der Waals surface area contributed by atoms with Gasteiger partial charge in [-0.05, 0) is 32.0 Å². The minimum Gasteiger partial charge on any atom is -0.507 e. The molecule has 5 heteroatoms. The Morgan fingerprint density at radius 1 is 1.53 bits per heavy atom. The monoisotopic (exact) mass is 319 g/mol. The van der Waals surface area contributed by atoms with Gasteiger partial charge in [-0.25, -0.2) is 0 Å². The zero-order valence-corrected chi connectivity index (χ0v) is 12.3. The average Bonchev–Trinajstić information content (AvgIpc) is 2.20. The fourth-order valence-electron chi connectivity index (χ4n) is 1.15. The van der Waals surface area contributed by atoms with Crippen LogP contribution in [-0.2, 0) is 0 Å². The van der Waals surface area contributed by atoms with Crippen LogP contribution in [0.4, 0.5) is 0 Å². The summed E-state index contributed by atoms with van der Waals surface area (Å²) in [6.45, 7) is 5.73. The lowest BCUT2D eigenvalue weighted by Crippen LogP contribution is -2.48. The number of alkyl halides is 1. The maximum absolute atomic E-state index is 12.0. The molecular formula is C12H15BrClNO2. The number of aromatic hydroxyl groups is 1. The Morgan fingerprint density at radius 3 is 2.65 bits per heavy atom. The Morgan fingerprint density at radius 2 is 2.12 bits per heavy atom. The standard InChI is InChI=1S/C12H15BrClNO2/c1-7(13)12(2,3)15-11(17)9-6-8(14)4-5-10(9)16/h4-7,16H,1-3H3,(H,15,17). The molecular weight excluding hydrogens is 305 g/mol. The Labute approximate surface area is 114 Å². The fourth-order valence-corrected chi connectivity index (χ4v) is 1.44. The third-order valence-electron chi connectivity index (χ3n) is 2.63. The Hall–Kier alpha value is -0.740. The first-order chi connectivity index (χ1) is 7.74. The molecule has 1 unspecified atom stereocenters. The lowest BCUT2D eigenvalue weighted by Gasteiger charge is -2.29. The minimum absolute atomic E-state index is 0.0788. The van der Waals surface area contributed by atoms with E-state index in [0.29, 0.717) is 5.02 Å². The van der Waals surface area contributed by atoms with Crippen molar-refractivity contribution in [2.45, 2.75) is 31.1 Å². The van der Waals surface area contributed by atoms with Gasteiger partial charge in [-0.15, -0.1) is 0 Å². The van der Waals surface area contributed by atoms with Crippen molar-refractivity contribution in [3.05, 3.63) is 28.8 Å². The van der Waals surface area contributed by atoms with Crippen LogP contribution in [0.15, 0.2) is 18.2 Å². The molecule has 0 radical (unpaired) electrons. The number of amides is 1. The van der Waals surface area contributed by atoms with Gasteiger partial charge in [-0.1, -0.05) is 34.5 Å². The average molecular weight is 321 g/mol. The predicted octanol–water partition coefficient (Wildman–Crippen LogP) is 3.34. The second-order valence-corrected chi connectivity index (χ2v) is 6.26. The van der Waals surface area contributed by atoms with Crippen LogP contribution in [0.3, 0.4) is 0 Å². The molecule has 0 aliphatic carbocycles. The molecule has 17 heavy (non-hydrogen) atoms. The summed E-state index contributed by atoms with van der Waals surface area (Å²) in [7, 11) is 0. The van der Waals surface area contributed by atoms with E-state index in [4.69, 9.17) is 11.6 Å². The van der Waals surface area contributed by atoms with Crippen LogP contribution >= 0.6 is 27.5 Å². The number of nitrogens with one attached hydrogen (secondary N) is 1. The maximum Gasteiger partial charge on any atom is 0.255 e. The Kier molecular flexibility index (Phi) is 4.44. The van der Waals surface area contributed by atoms with E-state index < -0.39 is 5.54 Å². The molecule has 2 N–H and O–H groups in total. The first-order valence-corrected chi connectivity index (χ1v) is 6.48. The molecule has 94 valence electrons. The number of rotatable bonds is 3. The van der Waals surface area contributed by atoms with Gasteiger partial charge < -0.3 is 10.4 Å². The highest BCUT2D eigenvalue weighted by molar-refractivity contribution is 9.09. The number of phenolic OH excluding ortho intramolecular Hbond substituents is 1. The largest absolute Gasteiger partial charge is 0.507 e. The van der Waals surface area contributed by atoms with Crippen LogP contribution in [0.1, 0.15) is 31.1 Å². The van der Waals surface area contributed by atoms with E-state index in [1.807, 2.05) is 20.8 Å². The molecule has 0 bridgehead atoms. The summed E-state index contributed by atoms with van der Waals surface area (Å²) in [5.74, 6) is -0.425. The van der Waals surface area contributed by atoms with Gasteiger partial charge in [0.15, 0.2) is 0 Å². The second-order valence-electron chi connectivity index (χ2n) is 4.45. The van der Waals surface area contributed by atoms with Crippen molar-refractivity contribution < 1.29 is 9.90 Å². The summed E-state index contributed by atoms with van der Waals surface area (Å²) >= 11 is 9.22. The first kappa shape index (κ1) is 14.3. The number of carbonyl (C=O) groups is 1. The molecule has 1 aromatic rings. The zero-order valence-electron chi connectivity index (χ0n) is 9.92. The molecule has 0 fully saturated rings. The third-order valence-corrected chi connectivity index (χ3v) is 4.01. The van der Waals surface area contributed by atoms with Crippen LogP contribution < -0.4 is 5.32 Å². The topological polar surface area (TPSA) is 49.3 Å². The van der Waals surface area contributed by atoms with Gasteiger partial charge in [-0.3, -0.25) is 4.79 Å². The quantitative estimate of drug-likeness (QED) is 0.839. The van der Waals surface area contributed by atoms with E-state index in [0.717, 1.165) is 0 Å². The van der Waals surface area contributed by atoms with Crippen LogP contribution in [0, 0.1) is 0 Å². The highest BCUT2D eigenvalue weighted by Gasteiger charge is 2.27. The fraction of sp³-hybridized carbons (Fsp3) is 0.417. The van der Waals surface area contributed by atoms with Gasteiger partial charge in [0.1, 0.15) is 5.75 Å². The lowest BCUT2D eigenvalue weighted by atomic mass is 10.0. The molecule has 0 saturated carbocycles. The van der Waals surface area contributed by atoms with Crippen LogP contribution in [0.25, 0.3) is 0 Å². The van der Waals surface area contributed by atoms with E-state index in [1.54, 1.807) is 0 Å². The second kappa shape index (κ2) is 5.27. The van der Waals surface area contributed by atoms with Gasteiger partial charge >= 0.3 is 0 Å². The molecule has 1 rings (SSSR count). The lowest BCUT2D eigenvalue weighted by molar-refractivity contribution is 0.0911. The summed E-state index contributed by atoms with van der Waals surface area (Å²) in [4.78, 5) is 12.1. The van der Waals surface area contributed by atoms with Crippen LogP contribution in [0.2, 0.25) is 5.02 Å². The van der Waals surface area contributed by atoms with Crippen molar-refractivity contribution in [2.75, 3.05) is 0 Å². The molecule has 0 aliphatic heterocycles. The summed E-state index contributed by atoms with van der Waals surface area (Å²) in [5.41, 5.74) is -0.245. The zero-order chi connectivity index (χ0) is 13.2. The molecule has 0 heterocycles. The van der Waals surface area contributed by atoms with Gasteiger partial charge in [-0.2, -0.15) is 0 Å². The highest BCUT2D eigenvalue weighted by Crippen LogP contribution is 2.23. The van der Waals surface area contributed by atoms with E-state index in [-0.39, 0.29) is 22.0 Å². The van der Waals surface area contributed by atoms with Crippen LogP contribution in [0.5, 0.6) is 5.75 Å². The molecule has 1 atom stereocenters. The number of halogens is 2. The summed E-state index contributed by atoms with van der Waals surface area (Å²) in [6.07, 6.45) is 0. The van der Waals surface area contributed by atoms with Crippen molar-refractivity contribution in [2.24, 2.45) is 0 Å². The third kappa shape index (κ3) is 3.61. The SMILES string of the molecule is CC(Br)C(C)(C)NC(=O)c1cc(Cl)ccc1O. The Bertz CT molecular complexity index is 433. The van der Waals surface area contributed by atoms with Crippen molar-refractivity contribution >= 4 is 33.4 Å². The number of hydrogen-bond donors (Lipinski definition) is 2. The van der Waals surface area contributed by atoms with Gasteiger partial charge in [0, 0.05) is 15.4 Å². The van der Waals surface area contributed by atoms with E-state index in [2.05, 4.69) is 21.2 Å². The number of phenols is 1. The van der Waals surface area contributed by atoms with E-state index in [1.165, 1.54) is 18.2 Å². The minimum atomic E-state index is -0.425. The smallest absolute Gasteiger partial charge is 0.255 e. The summed E-state index contributed by atoms with van der Waals surface area (Å²) in [5, 5.41) is 12.9. The first-order valence-electron chi connectivity index (χ1n) is 5.19.